The van der Waals surface area contributed by atoms with E-state index in [9.17, 15) is 10.1 Å². The number of pyridine rings is 1. The van der Waals surface area contributed by atoms with Crippen molar-refractivity contribution in [1.82, 2.24) is 10.3 Å². The largest absolute Gasteiger partial charge is 0.316 e. The van der Waals surface area contributed by atoms with E-state index in [2.05, 4.69) is 10.3 Å². The van der Waals surface area contributed by atoms with Gasteiger partial charge in [0.2, 0.25) is 0 Å². The predicted octanol–water partition coefficient (Wildman–Crippen LogP) is 2.86. The van der Waals surface area contributed by atoms with Crippen LogP contribution in [0.4, 0.5) is 5.69 Å². The van der Waals surface area contributed by atoms with Gasteiger partial charge in [0, 0.05) is 29.8 Å². The smallest absolute Gasteiger partial charge is 0.269 e. The summed E-state index contributed by atoms with van der Waals surface area (Å²) in [6.07, 6.45) is 1.82. The van der Waals surface area contributed by atoms with Gasteiger partial charge in [-0.1, -0.05) is 17.8 Å². The van der Waals surface area contributed by atoms with Gasteiger partial charge in [-0.2, -0.15) is 0 Å². The molecule has 0 unspecified atom stereocenters. The normalized spacial score (nSPS) is 10.4. The van der Waals surface area contributed by atoms with Crippen LogP contribution in [-0.2, 0) is 6.54 Å². The third-order valence-electron chi connectivity index (χ3n) is 2.45. The zero-order chi connectivity index (χ0) is 13.7. The summed E-state index contributed by atoms with van der Waals surface area (Å²) in [7, 11) is 1.89. The van der Waals surface area contributed by atoms with Crippen LogP contribution in [0, 0.1) is 10.1 Å². The maximum atomic E-state index is 10.6. The molecule has 0 saturated heterocycles. The molecule has 5 nitrogen and oxygen atoms in total. The Bertz CT molecular complexity index is 555. The monoisotopic (exact) mass is 275 g/mol. The number of nitrogens with zero attached hydrogens (tertiary/aromatic N) is 2. The SMILES string of the molecule is CNCc1ccc(Sc2ccc([N+](=O)[O-])cc2)nc1. The standard InChI is InChI=1S/C13H13N3O2S/c1-14-8-10-2-7-13(15-9-10)19-12-5-3-11(4-6-12)16(17)18/h2-7,9,14H,8H2,1H3. The highest BCUT2D eigenvalue weighted by molar-refractivity contribution is 7.99. The van der Waals surface area contributed by atoms with Crippen molar-refractivity contribution in [1.29, 1.82) is 0 Å². The molecule has 19 heavy (non-hydrogen) atoms. The Morgan fingerprint density at radius 3 is 2.53 bits per heavy atom. The van der Waals surface area contributed by atoms with Gasteiger partial charge in [-0.25, -0.2) is 4.98 Å². The van der Waals surface area contributed by atoms with E-state index in [-0.39, 0.29) is 5.69 Å². The summed E-state index contributed by atoms with van der Waals surface area (Å²) in [4.78, 5) is 15.4. The van der Waals surface area contributed by atoms with Crippen molar-refractivity contribution in [3.8, 4) is 0 Å². The van der Waals surface area contributed by atoms with Crippen molar-refractivity contribution in [3.05, 3.63) is 58.3 Å². The molecule has 0 bridgehead atoms. The Morgan fingerprint density at radius 2 is 2.00 bits per heavy atom. The molecule has 0 atom stereocenters. The topological polar surface area (TPSA) is 68.1 Å². The van der Waals surface area contributed by atoms with Crippen molar-refractivity contribution in [2.75, 3.05) is 7.05 Å². The molecule has 0 saturated carbocycles. The van der Waals surface area contributed by atoms with Crippen LogP contribution in [0.25, 0.3) is 0 Å². The zero-order valence-corrected chi connectivity index (χ0v) is 11.2. The number of nitro groups is 1. The van der Waals surface area contributed by atoms with Gasteiger partial charge in [-0.05, 0) is 30.8 Å². The van der Waals surface area contributed by atoms with Crippen LogP contribution in [-0.4, -0.2) is 17.0 Å². The van der Waals surface area contributed by atoms with Gasteiger partial charge >= 0.3 is 0 Å². The van der Waals surface area contributed by atoms with E-state index < -0.39 is 4.92 Å². The van der Waals surface area contributed by atoms with E-state index in [0.29, 0.717) is 0 Å². The van der Waals surface area contributed by atoms with Crippen LogP contribution >= 0.6 is 11.8 Å². The minimum Gasteiger partial charge on any atom is -0.316 e. The number of nitro benzene ring substituents is 1. The first-order valence-corrected chi connectivity index (χ1v) is 6.52. The highest BCUT2D eigenvalue weighted by atomic mass is 32.2. The van der Waals surface area contributed by atoms with E-state index in [4.69, 9.17) is 0 Å². The third kappa shape index (κ3) is 3.77. The number of hydrogen-bond donors (Lipinski definition) is 1. The summed E-state index contributed by atoms with van der Waals surface area (Å²) in [5.41, 5.74) is 1.22. The van der Waals surface area contributed by atoms with Crippen molar-refractivity contribution in [3.63, 3.8) is 0 Å². The molecular formula is C13H13N3O2S. The first-order valence-electron chi connectivity index (χ1n) is 5.71. The number of benzene rings is 1. The summed E-state index contributed by atoms with van der Waals surface area (Å²) in [5, 5.41) is 14.5. The van der Waals surface area contributed by atoms with E-state index in [1.54, 1.807) is 12.1 Å². The van der Waals surface area contributed by atoms with Crippen molar-refractivity contribution < 1.29 is 4.92 Å². The van der Waals surface area contributed by atoms with Crippen molar-refractivity contribution in [2.24, 2.45) is 0 Å². The first-order chi connectivity index (χ1) is 9.19. The highest BCUT2D eigenvalue weighted by Gasteiger charge is 2.05. The van der Waals surface area contributed by atoms with E-state index in [0.717, 1.165) is 22.0 Å². The number of aromatic nitrogens is 1. The first kappa shape index (κ1) is 13.5. The summed E-state index contributed by atoms with van der Waals surface area (Å²) in [6, 6.07) is 10.4. The lowest BCUT2D eigenvalue weighted by Crippen LogP contribution is -2.04. The van der Waals surface area contributed by atoms with E-state index >= 15 is 0 Å². The molecule has 0 aliphatic rings. The van der Waals surface area contributed by atoms with Crippen molar-refractivity contribution in [2.45, 2.75) is 16.5 Å². The lowest BCUT2D eigenvalue weighted by molar-refractivity contribution is -0.384. The Hall–Kier alpha value is -1.92. The molecule has 0 fully saturated rings. The second-order valence-corrected chi connectivity index (χ2v) is 4.98. The van der Waals surface area contributed by atoms with E-state index in [1.807, 2.05) is 25.4 Å². The second-order valence-electron chi connectivity index (χ2n) is 3.89. The number of nitrogens with one attached hydrogen (secondary N) is 1. The third-order valence-corrected chi connectivity index (χ3v) is 3.41. The van der Waals surface area contributed by atoms with Crippen LogP contribution in [0.1, 0.15) is 5.56 Å². The van der Waals surface area contributed by atoms with Crippen LogP contribution in [0.3, 0.4) is 0 Å². The molecule has 1 heterocycles. The van der Waals surface area contributed by atoms with Gasteiger partial charge < -0.3 is 5.32 Å². The highest BCUT2D eigenvalue weighted by Crippen LogP contribution is 2.27. The molecule has 2 aromatic rings. The fourth-order valence-electron chi connectivity index (χ4n) is 1.54. The Balaban J connectivity index is 2.06. The summed E-state index contributed by atoms with van der Waals surface area (Å²) < 4.78 is 0. The molecular weight excluding hydrogens is 262 g/mol. The molecule has 0 aliphatic heterocycles. The van der Waals surface area contributed by atoms with Gasteiger partial charge in [0.15, 0.2) is 0 Å². The molecule has 2 rings (SSSR count). The maximum Gasteiger partial charge on any atom is 0.269 e. The lowest BCUT2D eigenvalue weighted by Gasteiger charge is -2.03. The number of rotatable bonds is 5. The summed E-state index contributed by atoms with van der Waals surface area (Å²) in [6.45, 7) is 0.787. The molecule has 0 radical (unpaired) electrons. The Morgan fingerprint density at radius 1 is 1.26 bits per heavy atom. The predicted molar refractivity (Wildman–Crippen MR) is 74.2 cm³/mol. The quantitative estimate of drug-likeness (QED) is 0.671. The molecule has 0 spiro atoms. The van der Waals surface area contributed by atoms with Gasteiger partial charge in [0.1, 0.15) is 5.03 Å². The average Bonchev–Trinajstić information content (AvgIpc) is 2.42. The Kier molecular flexibility index (Phi) is 4.48. The van der Waals surface area contributed by atoms with Crippen LogP contribution in [0.5, 0.6) is 0 Å². The van der Waals surface area contributed by atoms with Crippen LogP contribution in [0.2, 0.25) is 0 Å². The summed E-state index contributed by atoms with van der Waals surface area (Å²) >= 11 is 1.48. The molecule has 1 aromatic carbocycles. The molecule has 0 aliphatic carbocycles. The minimum atomic E-state index is -0.404. The van der Waals surface area contributed by atoms with Crippen molar-refractivity contribution >= 4 is 17.4 Å². The fraction of sp³-hybridized carbons (Fsp3) is 0.154. The van der Waals surface area contributed by atoms with Gasteiger partial charge in [0.25, 0.3) is 5.69 Å². The Labute approximate surface area is 115 Å². The van der Waals surface area contributed by atoms with Crippen LogP contribution in [0.15, 0.2) is 52.5 Å². The molecule has 1 aromatic heterocycles. The van der Waals surface area contributed by atoms with Gasteiger partial charge in [-0.15, -0.1) is 0 Å². The molecule has 6 heteroatoms. The molecule has 1 N–H and O–H groups in total. The van der Waals surface area contributed by atoms with Crippen LogP contribution < -0.4 is 5.32 Å². The van der Waals surface area contributed by atoms with Gasteiger partial charge in [0.05, 0.1) is 4.92 Å². The molecule has 0 amide bonds. The van der Waals surface area contributed by atoms with E-state index in [1.165, 1.54) is 23.9 Å². The zero-order valence-electron chi connectivity index (χ0n) is 10.4. The summed E-state index contributed by atoms with van der Waals surface area (Å²) in [5.74, 6) is 0. The fourth-order valence-corrected chi connectivity index (χ4v) is 2.29. The minimum absolute atomic E-state index is 0.0988. The number of non-ortho nitro benzene ring substituents is 1. The molecule has 98 valence electrons. The average molecular weight is 275 g/mol. The van der Waals surface area contributed by atoms with Gasteiger partial charge in [-0.3, -0.25) is 10.1 Å². The lowest BCUT2D eigenvalue weighted by atomic mass is 10.3. The maximum absolute atomic E-state index is 10.6. The second kappa shape index (κ2) is 6.31. The number of hydrogen-bond acceptors (Lipinski definition) is 5.